The molecule has 0 aliphatic carbocycles. The van der Waals surface area contributed by atoms with Crippen molar-refractivity contribution < 1.29 is 0 Å². The first-order valence-electron chi connectivity index (χ1n) is 5.61. The predicted octanol–water partition coefficient (Wildman–Crippen LogP) is 0.851. The molecule has 0 bridgehead atoms. The molecule has 0 saturated carbocycles. The fraction of sp³-hybridized carbons (Fsp3) is 0.727. The number of rotatable bonds is 7. The molecule has 15 heavy (non-hydrogen) atoms. The van der Waals surface area contributed by atoms with Crippen LogP contribution in [0.15, 0.2) is 12.3 Å². The third-order valence-corrected chi connectivity index (χ3v) is 2.37. The summed E-state index contributed by atoms with van der Waals surface area (Å²) in [6.07, 6.45) is 3.19. The third-order valence-electron chi connectivity index (χ3n) is 2.37. The molecular formula is C11H22N4. The van der Waals surface area contributed by atoms with E-state index in [1.165, 1.54) is 6.42 Å². The average molecular weight is 210 g/mol. The van der Waals surface area contributed by atoms with Gasteiger partial charge in [0.1, 0.15) is 0 Å². The van der Waals surface area contributed by atoms with Gasteiger partial charge in [-0.25, -0.2) is 0 Å². The summed E-state index contributed by atoms with van der Waals surface area (Å²) in [5.41, 5.74) is 1.15. The highest BCUT2D eigenvalue weighted by Crippen LogP contribution is 2.01. The summed E-state index contributed by atoms with van der Waals surface area (Å²) in [5, 5.41) is 7.58. The summed E-state index contributed by atoms with van der Waals surface area (Å²) in [4.78, 5) is 2.43. The lowest BCUT2D eigenvalue weighted by Crippen LogP contribution is -2.31. The van der Waals surface area contributed by atoms with Crippen LogP contribution >= 0.6 is 0 Å². The molecule has 86 valence electrons. The monoisotopic (exact) mass is 210 g/mol. The van der Waals surface area contributed by atoms with Crippen LogP contribution in [-0.2, 0) is 13.6 Å². The summed E-state index contributed by atoms with van der Waals surface area (Å²) in [5.74, 6) is 0. The molecule has 0 saturated heterocycles. The molecule has 0 spiro atoms. The van der Waals surface area contributed by atoms with Crippen LogP contribution in [0.5, 0.6) is 0 Å². The third kappa shape index (κ3) is 4.44. The van der Waals surface area contributed by atoms with Gasteiger partial charge in [-0.15, -0.1) is 0 Å². The lowest BCUT2D eigenvalue weighted by atomic mass is 10.3. The summed E-state index contributed by atoms with van der Waals surface area (Å²) in [6, 6.07) is 2.09. The maximum Gasteiger partial charge on any atom is 0.0764 e. The van der Waals surface area contributed by atoms with Gasteiger partial charge in [0.05, 0.1) is 5.69 Å². The smallest absolute Gasteiger partial charge is 0.0764 e. The molecular weight excluding hydrogens is 188 g/mol. The molecule has 0 atom stereocenters. The van der Waals surface area contributed by atoms with Crippen molar-refractivity contribution >= 4 is 0 Å². The van der Waals surface area contributed by atoms with Gasteiger partial charge in [-0.2, -0.15) is 5.10 Å². The van der Waals surface area contributed by atoms with Gasteiger partial charge >= 0.3 is 0 Å². The standard InChI is InChI=1S/C11H22N4/c1-4-7-15(9-6-12-2)10-11-5-8-14(3)13-11/h5,8,12H,4,6-7,9-10H2,1-3H3. The molecule has 4 nitrogen and oxygen atoms in total. The van der Waals surface area contributed by atoms with Crippen LogP contribution in [0.1, 0.15) is 19.0 Å². The molecule has 4 heteroatoms. The van der Waals surface area contributed by atoms with Crippen LogP contribution in [0.4, 0.5) is 0 Å². The quantitative estimate of drug-likeness (QED) is 0.724. The number of nitrogens with one attached hydrogen (secondary N) is 1. The minimum Gasteiger partial charge on any atom is -0.318 e. The van der Waals surface area contributed by atoms with Gasteiger partial charge in [-0.05, 0) is 26.1 Å². The average Bonchev–Trinajstić information content (AvgIpc) is 2.61. The van der Waals surface area contributed by atoms with Crippen molar-refractivity contribution in [1.29, 1.82) is 0 Å². The second-order valence-electron chi connectivity index (χ2n) is 3.86. The van der Waals surface area contributed by atoms with E-state index >= 15 is 0 Å². The first-order valence-corrected chi connectivity index (χ1v) is 5.61. The lowest BCUT2D eigenvalue weighted by molar-refractivity contribution is 0.264. The first kappa shape index (κ1) is 12.2. The van der Waals surface area contributed by atoms with Crippen molar-refractivity contribution in [3.8, 4) is 0 Å². The maximum absolute atomic E-state index is 4.40. The minimum atomic E-state index is 0.955. The second-order valence-corrected chi connectivity index (χ2v) is 3.86. The minimum absolute atomic E-state index is 0.955. The topological polar surface area (TPSA) is 33.1 Å². The van der Waals surface area contributed by atoms with E-state index < -0.39 is 0 Å². The Hall–Kier alpha value is -0.870. The van der Waals surface area contributed by atoms with Crippen molar-refractivity contribution in [1.82, 2.24) is 20.0 Å². The largest absolute Gasteiger partial charge is 0.318 e. The van der Waals surface area contributed by atoms with E-state index in [9.17, 15) is 0 Å². The van der Waals surface area contributed by atoms with Crippen LogP contribution in [0.2, 0.25) is 0 Å². The number of hydrogen-bond acceptors (Lipinski definition) is 3. The van der Waals surface area contributed by atoms with E-state index in [4.69, 9.17) is 0 Å². The van der Waals surface area contributed by atoms with Crippen LogP contribution < -0.4 is 5.32 Å². The van der Waals surface area contributed by atoms with E-state index in [-0.39, 0.29) is 0 Å². The molecule has 0 aliphatic rings. The lowest BCUT2D eigenvalue weighted by Gasteiger charge is -2.20. The SMILES string of the molecule is CCCN(CCNC)Cc1ccn(C)n1. The van der Waals surface area contributed by atoms with Crippen molar-refractivity contribution in [2.45, 2.75) is 19.9 Å². The van der Waals surface area contributed by atoms with E-state index in [2.05, 4.69) is 28.3 Å². The van der Waals surface area contributed by atoms with Crippen LogP contribution in [0.25, 0.3) is 0 Å². The number of hydrogen-bond donors (Lipinski definition) is 1. The van der Waals surface area contributed by atoms with E-state index in [1.807, 2.05) is 25.0 Å². The molecule has 0 unspecified atom stereocenters. The molecule has 0 fully saturated rings. The van der Waals surface area contributed by atoms with Crippen LogP contribution in [0, 0.1) is 0 Å². The fourth-order valence-corrected chi connectivity index (χ4v) is 1.63. The number of aromatic nitrogens is 2. The highest BCUT2D eigenvalue weighted by atomic mass is 15.3. The zero-order valence-corrected chi connectivity index (χ0v) is 10.0. The van der Waals surface area contributed by atoms with Crippen LogP contribution in [-0.4, -0.2) is 41.4 Å². The first-order chi connectivity index (χ1) is 7.26. The molecule has 1 rings (SSSR count). The Kier molecular flexibility index (Phi) is 5.36. The van der Waals surface area contributed by atoms with E-state index in [0.29, 0.717) is 0 Å². The predicted molar refractivity (Wildman–Crippen MR) is 62.7 cm³/mol. The Bertz CT molecular complexity index is 269. The van der Waals surface area contributed by atoms with Crippen LogP contribution in [0.3, 0.4) is 0 Å². The number of aryl methyl sites for hydroxylation is 1. The van der Waals surface area contributed by atoms with Gasteiger partial charge < -0.3 is 5.32 Å². The molecule has 1 N–H and O–H groups in total. The van der Waals surface area contributed by atoms with Crippen molar-refractivity contribution in [2.24, 2.45) is 7.05 Å². The molecule has 1 aromatic rings. The Labute approximate surface area is 92.3 Å². The Morgan fingerprint density at radius 3 is 2.80 bits per heavy atom. The highest BCUT2D eigenvalue weighted by molar-refractivity contribution is 4.98. The van der Waals surface area contributed by atoms with Gasteiger partial charge in [-0.1, -0.05) is 6.92 Å². The van der Waals surface area contributed by atoms with Crippen molar-refractivity contribution in [2.75, 3.05) is 26.7 Å². The number of likely N-dealkylation sites (N-methyl/N-ethyl adjacent to an activating group) is 1. The summed E-state index contributed by atoms with van der Waals surface area (Å²) in [7, 11) is 3.95. The summed E-state index contributed by atoms with van der Waals surface area (Å²) < 4.78 is 1.86. The van der Waals surface area contributed by atoms with Crippen molar-refractivity contribution in [3.05, 3.63) is 18.0 Å². The van der Waals surface area contributed by atoms with Crippen molar-refractivity contribution in [3.63, 3.8) is 0 Å². The van der Waals surface area contributed by atoms with Gasteiger partial charge in [0.25, 0.3) is 0 Å². The number of nitrogens with zero attached hydrogens (tertiary/aromatic N) is 3. The van der Waals surface area contributed by atoms with Gasteiger partial charge in [0, 0.05) is 32.9 Å². The van der Waals surface area contributed by atoms with Gasteiger partial charge in [0.15, 0.2) is 0 Å². The maximum atomic E-state index is 4.40. The van der Waals surface area contributed by atoms with E-state index in [0.717, 1.165) is 31.9 Å². The van der Waals surface area contributed by atoms with Gasteiger partial charge in [0.2, 0.25) is 0 Å². The normalized spacial score (nSPS) is 11.2. The zero-order valence-electron chi connectivity index (χ0n) is 10.0. The second kappa shape index (κ2) is 6.58. The molecule has 1 aromatic heterocycles. The Morgan fingerprint density at radius 2 is 2.27 bits per heavy atom. The van der Waals surface area contributed by atoms with Gasteiger partial charge in [-0.3, -0.25) is 9.58 Å². The molecule has 0 radical (unpaired) electrons. The Balaban J connectivity index is 2.42. The molecule has 0 amide bonds. The highest BCUT2D eigenvalue weighted by Gasteiger charge is 2.05. The summed E-state index contributed by atoms with van der Waals surface area (Å²) in [6.45, 7) is 6.42. The summed E-state index contributed by atoms with van der Waals surface area (Å²) >= 11 is 0. The zero-order chi connectivity index (χ0) is 11.1. The molecule has 0 aliphatic heterocycles. The molecule has 1 heterocycles. The Morgan fingerprint density at radius 1 is 1.47 bits per heavy atom. The van der Waals surface area contributed by atoms with E-state index in [1.54, 1.807) is 0 Å². The fourth-order valence-electron chi connectivity index (χ4n) is 1.63. The molecule has 0 aromatic carbocycles.